The number of aryl methyl sites for hydroxylation is 6. The monoisotopic (exact) mass is 576 g/mol. The minimum Gasteiger partial charge on any atom is -0.181 e. The van der Waals surface area contributed by atoms with Crippen LogP contribution in [0.3, 0.4) is 0 Å². The van der Waals surface area contributed by atoms with Gasteiger partial charge in [-0.15, -0.1) is 3.97 Å². The molecule has 2 aliphatic heterocycles. The van der Waals surface area contributed by atoms with Crippen LogP contribution in [0.15, 0.2) is 83.9 Å². The Morgan fingerprint density at radius 3 is 1.83 bits per heavy atom. The average Bonchev–Trinajstić information content (AvgIpc) is 2.91. The minimum absolute atomic E-state index is 0.264. The SMILES string of the molecule is Cc1cc(C)c(-c2ccc3c(c2)C=CC2=Nc4ccc5cc(-c6c(C)cc(C)cc6C)ccc5[n+]4S(F)(F)N23)c(C)c1. The second kappa shape index (κ2) is 9.36. The number of rotatable bonds is 2. The molecule has 5 aromatic rings. The Morgan fingerprint density at radius 1 is 0.643 bits per heavy atom. The summed E-state index contributed by atoms with van der Waals surface area (Å²) in [5.74, 6) is 0.527. The Labute approximate surface area is 247 Å². The first-order valence-corrected chi connectivity index (χ1v) is 15.5. The second-order valence-electron chi connectivity index (χ2n) is 11.6. The molecule has 0 saturated carbocycles. The topological polar surface area (TPSA) is 19.5 Å². The molecular weight excluding hydrogens is 544 g/mol. The standard InChI is InChI=1S/C36H32F2N3S/c1-21-15-23(3)35(24(4)16-21)29-7-11-31-27(19-29)9-13-33-39-34-14-10-28-20-30(36-25(5)17-22(2)18-26(36)6)8-12-32(28)41(34)42(37,38)40(31)33/h7-20H,1-6H3/q+1. The van der Waals surface area contributed by atoms with Crippen LogP contribution in [0.1, 0.15) is 38.9 Å². The van der Waals surface area contributed by atoms with Crippen molar-refractivity contribution in [2.45, 2.75) is 41.5 Å². The molecule has 42 heavy (non-hydrogen) atoms. The Balaban J connectivity index is 1.36. The van der Waals surface area contributed by atoms with Crippen LogP contribution in [0.25, 0.3) is 39.2 Å². The molecule has 0 fully saturated rings. The van der Waals surface area contributed by atoms with E-state index in [1.807, 2.05) is 48.5 Å². The predicted molar refractivity (Wildman–Crippen MR) is 174 cm³/mol. The highest BCUT2D eigenvalue weighted by Crippen LogP contribution is 2.58. The molecule has 0 saturated heterocycles. The number of fused-ring (bicyclic) bond motifs is 6. The summed E-state index contributed by atoms with van der Waals surface area (Å²) in [7, 11) is 0. The molecular formula is C36H32F2N3S+. The Hall–Kier alpha value is -4.29. The van der Waals surface area contributed by atoms with Gasteiger partial charge in [-0.05, 0) is 127 Å². The lowest BCUT2D eigenvalue weighted by atomic mass is 9.92. The van der Waals surface area contributed by atoms with Crippen LogP contribution in [-0.2, 0) is 0 Å². The van der Waals surface area contributed by atoms with Crippen LogP contribution >= 0.6 is 11.2 Å². The van der Waals surface area contributed by atoms with Gasteiger partial charge in [-0.3, -0.25) is 0 Å². The summed E-state index contributed by atoms with van der Waals surface area (Å²) in [4.78, 5) is 4.71. The number of amidine groups is 1. The van der Waals surface area contributed by atoms with Crippen molar-refractivity contribution in [3.8, 4) is 22.3 Å². The van der Waals surface area contributed by atoms with Gasteiger partial charge in [0.15, 0.2) is 5.52 Å². The Morgan fingerprint density at radius 2 is 1.21 bits per heavy atom. The summed E-state index contributed by atoms with van der Waals surface area (Å²) in [6, 6.07) is 23.9. The Bertz CT molecular complexity index is 1990. The number of hydrogen-bond donors (Lipinski definition) is 0. The zero-order chi connectivity index (χ0) is 29.5. The molecule has 6 heteroatoms. The number of hydrogen-bond acceptors (Lipinski definition) is 2. The zero-order valence-electron chi connectivity index (χ0n) is 24.6. The maximum atomic E-state index is 16.8. The fourth-order valence-electron chi connectivity index (χ4n) is 6.86. The molecule has 0 atom stereocenters. The van der Waals surface area contributed by atoms with Crippen LogP contribution in [0, 0.1) is 41.5 Å². The van der Waals surface area contributed by atoms with E-state index in [1.54, 1.807) is 12.1 Å². The van der Waals surface area contributed by atoms with Crippen LogP contribution in [-0.4, -0.2) is 5.84 Å². The third-order valence-corrected chi connectivity index (χ3v) is 9.98. The molecule has 210 valence electrons. The van der Waals surface area contributed by atoms with Gasteiger partial charge < -0.3 is 0 Å². The lowest BCUT2D eigenvalue weighted by molar-refractivity contribution is -0.471. The molecule has 4 aromatic carbocycles. The molecule has 7 rings (SSSR count). The molecule has 2 aliphatic rings. The van der Waals surface area contributed by atoms with Gasteiger partial charge >= 0.3 is 17.0 Å². The Kier molecular flexibility index (Phi) is 5.93. The van der Waals surface area contributed by atoms with Crippen LogP contribution in [0.2, 0.25) is 0 Å². The lowest BCUT2D eigenvalue weighted by Gasteiger charge is -2.36. The van der Waals surface area contributed by atoms with E-state index in [4.69, 9.17) is 4.99 Å². The fourth-order valence-corrected chi connectivity index (χ4v) is 8.49. The molecule has 0 N–H and O–H groups in total. The van der Waals surface area contributed by atoms with E-state index in [-0.39, 0.29) is 11.7 Å². The third-order valence-electron chi connectivity index (χ3n) is 8.33. The van der Waals surface area contributed by atoms with Gasteiger partial charge in [-0.1, -0.05) is 55.3 Å². The number of aromatic nitrogens is 1. The third kappa shape index (κ3) is 4.00. The maximum absolute atomic E-state index is 16.8. The number of anilines is 1. The highest BCUT2D eigenvalue weighted by Gasteiger charge is 2.51. The smallest absolute Gasteiger partial charge is 0.181 e. The first kappa shape index (κ1) is 26.6. The molecule has 0 radical (unpaired) electrons. The second-order valence-corrected chi connectivity index (χ2v) is 13.2. The summed E-state index contributed by atoms with van der Waals surface area (Å²) in [5, 5.41) is 0.759. The molecule has 0 amide bonds. The minimum atomic E-state index is -4.51. The molecule has 3 heterocycles. The van der Waals surface area contributed by atoms with Crippen LogP contribution in [0.4, 0.5) is 19.3 Å². The van der Waals surface area contributed by atoms with Crippen molar-refractivity contribution in [1.82, 2.24) is 0 Å². The van der Waals surface area contributed by atoms with Crippen LogP contribution in [0.5, 0.6) is 0 Å². The first-order chi connectivity index (χ1) is 20.0. The van der Waals surface area contributed by atoms with Crippen molar-refractivity contribution >= 4 is 45.5 Å². The molecule has 0 spiro atoms. The summed E-state index contributed by atoms with van der Waals surface area (Å²) >= 11 is -4.51. The normalized spacial score (nSPS) is 15.6. The molecule has 3 nitrogen and oxygen atoms in total. The van der Waals surface area contributed by atoms with Gasteiger partial charge in [-0.2, -0.15) is 4.31 Å². The largest absolute Gasteiger partial charge is 0.341 e. The van der Waals surface area contributed by atoms with Gasteiger partial charge in [0.25, 0.3) is 5.84 Å². The van der Waals surface area contributed by atoms with Crippen molar-refractivity contribution in [2.24, 2.45) is 4.99 Å². The quantitative estimate of drug-likeness (QED) is 0.191. The van der Waals surface area contributed by atoms with Crippen molar-refractivity contribution in [1.29, 1.82) is 0 Å². The highest BCUT2D eigenvalue weighted by molar-refractivity contribution is 8.21. The number of benzene rings is 4. The van der Waals surface area contributed by atoms with E-state index in [9.17, 15) is 0 Å². The predicted octanol–water partition coefficient (Wildman–Crippen LogP) is 10.1. The van der Waals surface area contributed by atoms with Gasteiger partial charge in [0.05, 0.1) is 5.69 Å². The molecule has 0 bridgehead atoms. The summed E-state index contributed by atoms with van der Waals surface area (Å²) < 4.78 is 35.9. The zero-order valence-corrected chi connectivity index (χ0v) is 25.4. The summed E-state index contributed by atoms with van der Waals surface area (Å²) in [5.41, 5.74) is 13.2. The number of halogens is 2. The van der Waals surface area contributed by atoms with E-state index in [1.165, 1.54) is 33.4 Å². The summed E-state index contributed by atoms with van der Waals surface area (Å²) in [6.45, 7) is 12.6. The molecule has 1 aromatic heterocycles. The van der Waals surface area contributed by atoms with E-state index in [2.05, 4.69) is 65.8 Å². The molecule has 0 aliphatic carbocycles. The van der Waals surface area contributed by atoms with Crippen molar-refractivity contribution < 1.29 is 11.7 Å². The highest BCUT2D eigenvalue weighted by atomic mass is 32.3. The van der Waals surface area contributed by atoms with E-state index >= 15 is 7.77 Å². The van der Waals surface area contributed by atoms with E-state index < -0.39 is 11.2 Å². The number of nitrogens with zero attached hydrogens (tertiary/aromatic N) is 3. The number of pyridine rings is 1. The lowest BCUT2D eigenvalue weighted by Crippen LogP contribution is -2.50. The van der Waals surface area contributed by atoms with Crippen molar-refractivity contribution in [3.05, 3.63) is 118 Å². The van der Waals surface area contributed by atoms with E-state index in [0.29, 0.717) is 11.2 Å². The molecule has 0 unspecified atom stereocenters. The average molecular weight is 577 g/mol. The van der Waals surface area contributed by atoms with Gasteiger partial charge in [0, 0.05) is 23.1 Å². The number of aliphatic imine (C=N–C) groups is 1. The van der Waals surface area contributed by atoms with Gasteiger partial charge in [0.2, 0.25) is 0 Å². The fraction of sp³-hybridized carbons (Fsp3) is 0.167. The van der Waals surface area contributed by atoms with Gasteiger partial charge in [0.1, 0.15) is 0 Å². The summed E-state index contributed by atoms with van der Waals surface area (Å²) in [6.07, 6.45) is 3.61. The van der Waals surface area contributed by atoms with Crippen LogP contribution < -0.4 is 8.28 Å². The van der Waals surface area contributed by atoms with E-state index in [0.717, 1.165) is 41.5 Å². The van der Waals surface area contributed by atoms with Gasteiger partial charge in [-0.25, -0.2) is 0 Å². The van der Waals surface area contributed by atoms with Crippen molar-refractivity contribution in [2.75, 3.05) is 4.31 Å². The first-order valence-electron chi connectivity index (χ1n) is 14.1. The van der Waals surface area contributed by atoms with Crippen molar-refractivity contribution in [3.63, 3.8) is 0 Å². The maximum Gasteiger partial charge on any atom is 0.341 e.